The van der Waals surface area contributed by atoms with Gasteiger partial charge in [-0.25, -0.2) is 9.59 Å². The number of benzene rings is 1. The van der Waals surface area contributed by atoms with E-state index in [-0.39, 0.29) is 10.1 Å². The first-order valence-corrected chi connectivity index (χ1v) is 7.69. The Bertz CT molecular complexity index is 771. The second-order valence-electron chi connectivity index (χ2n) is 4.49. The van der Waals surface area contributed by atoms with Crippen molar-refractivity contribution in [3.8, 4) is 5.75 Å². The minimum absolute atomic E-state index is 0.0170. The maximum Gasteiger partial charge on any atom is 0.342 e. The van der Waals surface area contributed by atoms with E-state index in [1.54, 1.807) is 18.2 Å². The van der Waals surface area contributed by atoms with Crippen molar-refractivity contribution in [2.24, 2.45) is 0 Å². The molecule has 0 aliphatic carbocycles. The summed E-state index contributed by atoms with van der Waals surface area (Å²) < 4.78 is 10.3. The third kappa shape index (κ3) is 5.13. The lowest BCUT2D eigenvalue weighted by Crippen LogP contribution is -2.09. The van der Waals surface area contributed by atoms with Crippen LogP contribution in [0.3, 0.4) is 0 Å². The molecule has 9 heteroatoms. The average Bonchev–Trinajstić information content (AvgIpc) is 3.00. The van der Waals surface area contributed by atoms with Gasteiger partial charge in [-0.3, -0.25) is 0 Å². The van der Waals surface area contributed by atoms with Gasteiger partial charge in [0.15, 0.2) is 6.61 Å². The number of ether oxygens (including phenoxy) is 1. The fraction of sp³-hybridized carbons (Fsp3) is 0.200. The number of hydrogen-bond donors (Lipinski definition) is 2. The molecule has 126 valence electrons. The molecule has 0 spiro atoms. The van der Waals surface area contributed by atoms with Crippen LogP contribution in [0.5, 0.6) is 5.75 Å². The van der Waals surface area contributed by atoms with Crippen LogP contribution in [0.4, 0.5) is 0 Å². The molecule has 1 aromatic heterocycles. The zero-order valence-corrected chi connectivity index (χ0v) is 13.4. The highest BCUT2D eigenvalue weighted by atomic mass is 32.2. The molecule has 2 rings (SSSR count). The smallest absolute Gasteiger partial charge is 0.342 e. The van der Waals surface area contributed by atoms with Crippen molar-refractivity contribution in [2.75, 3.05) is 6.61 Å². The molecule has 24 heavy (non-hydrogen) atoms. The molecule has 2 N–H and O–H groups in total. The van der Waals surface area contributed by atoms with Gasteiger partial charge in [0.25, 0.3) is 5.22 Å². The van der Waals surface area contributed by atoms with Crippen LogP contribution < -0.4 is 4.74 Å². The number of nitrogens with zero attached hydrogens (tertiary/aromatic N) is 2. The summed E-state index contributed by atoms with van der Waals surface area (Å²) >= 11 is 0.838. The Hall–Kier alpha value is -2.81. The van der Waals surface area contributed by atoms with Crippen molar-refractivity contribution < 1.29 is 29.0 Å². The Balaban J connectivity index is 2.19. The molecule has 0 unspecified atom stereocenters. The van der Waals surface area contributed by atoms with Gasteiger partial charge in [-0.15, -0.1) is 10.2 Å². The lowest BCUT2D eigenvalue weighted by Gasteiger charge is -2.04. The van der Waals surface area contributed by atoms with E-state index in [0.29, 0.717) is 23.6 Å². The fourth-order valence-corrected chi connectivity index (χ4v) is 2.33. The quantitative estimate of drug-likeness (QED) is 0.545. The van der Waals surface area contributed by atoms with Gasteiger partial charge in [0, 0.05) is 6.42 Å². The number of thioether (sulfide) groups is 1. The van der Waals surface area contributed by atoms with Crippen LogP contribution in [-0.4, -0.2) is 39.0 Å². The molecule has 1 heterocycles. The van der Waals surface area contributed by atoms with E-state index < -0.39 is 18.5 Å². The standard InChI is InChI=1S/C15H14N2O6S/c1-2-12-16-17-15(23-12)24-11(14(20)21)7-9-4-3-5-10(6-9)22-8-13(18)19/h3-7H,2,8H2,1H3,(H,18,19)(H,20,21)/b11-7-. The number of aromatic nitrogens is 2. The Labute approximate surface area is 141 Å². The first kappa shape index (κ1) is 17.5. The molecule has 0 aliphatic heterocycles. The minimum Gasteiger partial charge on any atom is -0.482 e. The van der Waals surface area contributed by atoms with E-state index >= 15 is 0 Å². The molecule has 0 saturated carbocycles. The normalized spacial score (nSPS) is 11.3. The first-order valence-electron chi connectivity index (χ1n) is 6.87. The third-order valence-electron chi connectivity index (χ3n) is 2.68. The van der Waals surface area contributed by atoms with E-state index in [2.05, 4.69) is 10.2 Å². The molecule has 2 aromatic rings. The van der Waals surface area contributed by atoms with E-state index in [0.717, 1.165) is 11.8 Å². The number of carboxylic acid groups (broad SMARTS) is 2. The number of carboxylic acids is 2. The Morgan fingerprint density at radius 3 is 2.75 bits per heavy atom. The molecule has 0 atom stereocenters. The SMILES string of the molecule is CCc1nnc(S/C(=C\c2cccc(OCC(=O)O)c2)C(=O)O)o1. The molecule has 0 radical (unpaired) electrons. The van der Waals surface area contributed by atoms with Gasteiger partial charge in [-0.1, -0.05) is 19.1 Å². The van der Waals surface area contributed by atoms with Gasteiger partial charge in [0.05, 0.1) is 0 Å². The summed E-state index contributed by atoms with van der Waals surface area (Å²) in [5, 5.41) is 25.6. The van der Waals surface area contributed by atoms with Gasteiger partial charge < -0.3 is 19.4 Å². The van der Waals surface area contributed by atoms with Crippen LogP contribution in [0, 0.1) is 0 Å². The molecule has 0 fully saturated rings. The van der Waals surface area contributed by atoms with Crippen molar-refractivity contribution in [3.05, 3.63) is 40.6 Å². The number of carbonyl (C=O) groups is 2. The zero-order chi connectivity index (χ0) is 17.5. The molecule has 8 nitrogen and oxygen atoms in total. The van der Waals surface area contributed by atoms with E-state index in [1.807, 2.05) is 6.92 Å². The molecule has 0 amide bonds. The molecule has 0 bridgehead atoms. The predicted octanol–water partition coefficient (Wildman–Crippen LogP) is 2.31. The van der Waals surface area contributed by atoms with Gasteiger partial charge in [0.1, 0.15) is 10.7 Å². The van der Waals surface area contributed by atoms with Crippen molar-refractivity contribution in [1.29, 1.82) is 0 Å². The average molecular weight is 350 g/mol. The number of aryl methyl sites for hydroxylation is 1. The van der Waals surface area contributed by atoms with E-state index in [4.69, 9.17) is 14.3 Å². The van der Waals surface area contributed by atoms with E-state index in [1.165, 1.54) is 12.1 Å². The fourth-order valence-electron chi connectivity index (χ4n) is 1.64. The molecular weight excluding hydrogens is 336 g/mol. The van der Waals surface area contributed by atoms with Crippen LogP contribution in [-0.2, 0) is 16.0 Å². The Kier molecular flexibility index (Phi) is 5.96. The maximum atomic E-state index is 11.4. The lowest BCUT2D eigenvalue weighted by molar-refractivity contribution is -0.139. The highest BCUT2D eigenvalue weighted by Gasteiger charge is 2.15. The summed E-state index contributed by atoms with van der Waals surface area (Å²) in [6.45, 7) is 1.37. The largest absolute Gasteiger partial charge is 0.482 e. The van der Waals surface area contributed by atoms with Crippen LogP contribution in [0.15, 0.2) is 38.8 Å². The van der Waals surface area contributed by atoms with Crippen LogP contribution in [0.2, 0.25) is 0 Å². The summed E-state index contributed by atoms with van der Waals surface area (Å²) in [6.07, 6.45) is 1.97. The van der Waals surface area contributed by atoms with Gasteiger partial charge in [-0.2, -0.15) is 0 Å². The van der Waals surface area contributed by atoms with Crippen molar-refractivity contribution in [3.63, 3.8) is 0 Å². The predicted molar refractivity (Wildman–Crippen MR) is 84.7 cm³/mol. The first-order chi connectivity index (χ1) is 11.5. The molecular formula is C15H14N2O6S. The second-order valence-corrected chi connectivity index (χ2v) is 5.48. The summed E-state index contributed by atoms with van der Waals surface area (Å²) in [6, 6.07) is 6.43. The summed E-state index contributed by atoms with van der Waals surface area (Å²) in [5.41, 5.74) is 0.540. The highest BCUT2D eigenvalue weighted by Crippen LogP contribution is 2.28. The molecule has 1 aromatic carbocycles. The number of aliphatic carboxylic acids is 2. The van der Waals surface area contributed by atoms with Crippen LogP contribution >= 0.6 is 11.8 Å². The summed E-state index contributed by atoms with van der Waals surface area (Å²) in [5.74, 6) is -1.49. The van der Waals surface area contributed by atoms with Crippen LogP contribution in [0.25, 0.3) is 6.08 Å². The van der Waals surface area contributed by atoms with Crippen molar-refractivity contribution in [2.45, 2.75) is 18.6 Å². The third-order valence-corrected chi connectivity index (χ3v) is 3.53. The maximum absolute atomic E-state index is 11.4. The van der Waals surface area contributed by atoms with Crippen molar-refractivity contribution in [1.82, 2.24) is 10.2 Å². The zero-order valence-electron chi connectivity index (χ0n) is 12.6. The molecule has 0 aliphatic rings. The monoisotopic (exact) mass is 350 g/mol. The van der Waals surface area contributed by atoms with Crippen molar-refractivity contribution >= 4 is 29.8 Å². The highest BCUT2D eigenvalue weighted by molar-refractivity contribution is 8.03. The second kappa shape index (κ2) is 8.16. The molecule has 0 saturated heterocycles. The summed E-state index contributed by atoms with van der Waals surface area (Å²) in [4.78, 5) is 21.9. The van der Waals surface area contributed by atoms with Gasteiger partial charge in [-0.05, 0) is 35.5 Å². The minimum atomic E-state index is -1.15. The van der Waals surface area contributed by atoms with Gasteiger partial charge in [0.2, 0.25) is 5.89 Å². The number of hydrogen-bond acceptors (Lipinski definition) is 7. The van der Waals surface area contributed by atoms with Crippen LogP contribution in [0.1, 0.15) is 18.4 Å². The lowest BCUT2D eigenvalue weighted by atomic mass is 10.2. The Morgan fingerprint density at radius 1 is 1.33 bits per heavy atom. The topological polar surface area (TPSA) is 123 Å². The van der Waals surface area contributed by atoms with E-state index in [9.17, 15) is 14.7 Å². The van der Waals surface area contributed by atoms with Gasteiger partial charge >= 0.3 is 11.9 Å². The number of rotatable bonds is 8. The summed E-state index contributed by atoms with van der Waals surface area (Å²) in [7, 11) is 0. The Morgan fingerprint density at radius 2 is 2.12 bits per heavy atom.